The molecule has 17 heavy (non-hydrogen) atoms. The quantitative estimate of drug-likeness (QED) is 0.780. The van der Waals surface area contributed by atoms with Crippen LogP contribution in [0.15, 0.2) is 35.2 Å². The molecule has 0 fully saturated rings. The van der Waals surface area contributed by atoms with E-state index in [-0.39, 0.29) is 5.97 Å². The molecule has 0 bridgehead atoms. The maximum atomic E-state index is 11.3. The van der Waals surface area contributed by atoms with Gasteiger partial charge in [0.25, 0.3) is 0 Å². The molecule has 1 heterocycles. The summed E-state index contributed by atoms with van der Waals surface area (Å²) in [5, 5.41) is 1.96. The second kappa shape index (κ2) is 5.41. The van der Waals surface area contributed by atoms with Crippen molar-refractivity contribution in [1.29, 1.82) is 0 Å². The third-order valence-electron chi connectivity index (χ3n) is 2.21. The minimum atomic E-state index is -0.325. The molecule has 0 aliphatic rings. The summed E-state index contributed by atoms with van der Waals surface area (Å²) in [6.45, 7) is 0. The maximum absolute atomic E-state index is 11.3. The Labute approximate surface area is 103 Å². The molecule has 2 aromatic rings. The van der Waals surface area contributed by atoms with E-state index < -0.39 is 0 Å². The van der Waals surface area contributed by atoms with Crippen LogP contribution in [0.2, 0.25) is 0 Å². The van der Waals surface area contributed by atoms with Crippen LogP contribution in [0.5, 0.6) is 0 Å². The van der Waals surface area contributed by atoms with Crippen molar-refractivity contribution in [3.8, 4) is 0 Å². The molecule has 2 rings (SSSR count). The van der Waals surface area contributed by atoms with Gasteiger partial charge in [-0.1, -0.05) is 18.2 Å². The van der Waals surface area contributed by atoms with E-state index in [1.54, 1.807) is 29.0 Å². The second-order valence-corrected chi connectivity index (χ2v) is 4.08. The zero-order valence-electron chi connectivity index (χ0n) is 9.29. The molecule has 1 aromatic heterocycles. The highest BCUT2D eigenvalue weighted by Gasteiger charge is 2.03. The SMILES string of the molecule is COC(=O)c1cccc(/C=C/c2cscn2)c1. The van der Waals surface area contributed by atoms with Crippen LogP contribution in [0.4, 0.5) is 0 Å². The van der Waals surface area contributed by atoms with Gasteiger partial charge in [0.15, 0.2) is 0 Å². The number of thiazole rings is 1. The first-order valence-corrected chi connectivity index (χ1v) is 5.98. The van der Waals surface area contributed by atoms with Gasteiger partial charge in [-0.2, -0.15) is 0 Å². The summed E-state index contributed by atoms with van der Waals surface area (Å²) in [7, 11) is 1.38. The molecular formula is C13H11NO2S. The minimum absolute atomic E-state index is 0.325. The lowest BCUT2D eigenvalue weighted by atomic mass is 10.1. The number of ether oxygens (including phenoxy) is 1. The molecule has 0 amide bonds. The molecular weight excluding hydrogens is 234 g/mol. The number of esters is 1. The van der Waals surface area contributed by atoms with Gasteiger partial charge in [0.05, 0.1) is 23.9 Å². The van der Waals surface area contributed by atoms with E-state index in [0.29, 0.717) is 5.56 Å². The first-order chi connectivity index (χ1) is 8.29. The van der Waals surface area contributed by atoms with Crippen LogP contribution in [0.25, 0.3) is 12.2 Å². The van der Waals surface area contributed by atoms with Crippen LogP contribution in [-0.4, -0.2) is 18.1 Å². The van der Waals surface area contributed by atoms with Crippen LogP contribution >= 0.6 is 11.3 Å². The fraction of sp³-hybridized carbons (Fsp3) is 0.0769. The Kier molecular flexibility index (Phi) is 3.67. The minimum Gasteiger partial charge on any atom is -0.465 e. The average molecular weight is 245 g/mol. The Bertz CT molecular complexity index is 532. The van der Waals surface area contributed by atoms with Crippen molar-refractivity contribution in [2.75, 3.05) is 7.11 Å². The van der Waals surface area contributed by atoms with Crippen LogP contribution in [-0.2, 0) is 4.74 Å². The summed E-state index contributed by atoms with van der Waals surface area (Å²) < 4.78 is 4.67. The van der Waals surface area contributed by atoms with Gasteiger partial charge in [0.2, 0.25) is 0 Å². The highest BCUT2D eigenvalue weighted by atomic mass is 32.1. The lowest BCUT2D eigenvalue weighted by molar-refractivity contribution is 0.0600. The monoisotopic (exact) mass is 245 g/mol. The van der Waals surface area contributed by atoms with Gasteiger partial charge in [-0.05, 0) is 23.8 Å². The van der Waals surface area contributed by atoms with Gasteiger partial charge in [-0.25, -0.2) is 9.78 Å². The molecule has 3 nitrogen and oxygen atoms in total. The first-order valence-electron chi connectivity index (χ1n) is 5.04. The number of nitrogens with zero attached hydrogens (tertiary/aromatic N) is 1. The van der Waals surface area contributed by atoms with Gasteiger partial charge >= 0.3 is 5.97 Å². The molecule has 4 heteroatoms. The van der Waals surface area contributed by atoms with Crippen LogP contribution < -0.4 is 0 Å². The molecule has 0 aliphatic heterocycles. The van der Waals surface area contributed by atoms with Crippen molar-refractivity contribution in [3.63, 3.8) is 0 Å². The summed E-state index contributed by atoms with van der Waals surface area (Å²) in [4.78, 5) is 15.5. The highest BCUT2D eigenvalue weighted by Crippen LogP contribution is 2.11. The topological polar surface area (TPSA) is 39.2 Å². The van der Waals surface area contributed by atoms with E-state index in [0.717, 1.165) is 11.3 Å². The van der Waals surface area contributed by atoms with Crippen LogP contribution in [0.3, 0.4) is 0 Å². The van der Waals surface area contributed by atoms with E-state index in [9.17, 15) is 4.79 Å². The molecule has 0 saturated heterocycles. The smallest absolute Gasteiger partial charge is 0.337 e. The van der Waals surface area contributed by atoms with E-state index >= 15 is 0 Å². The van der Waals surface area contributed by atoms with Gasteiger partial charge in [-0.15, -0.1) is 11.3 Å². The molecule has 0 spiro atoms. The fourth-order valence-corrected chi connectivity index (χ4v) is 1.90. The molecule has 0 unspecified atom stereocenters. The number of methoxy groups -OCH3 is 1. The van der Waals surface area contributed by atoms with Crippen LogP contribution in [0.1, 0.15) is 21.6 Å². The normalized spacial score (nSPS) is 10.6. The Morgan fingerprint density at radius 2 is 2.29 bits per heavy atom. The fourth-order valence-electron chi connectivity index (χ4n) is 1.37. The van der Waals surface area contributed by atoms with Crippen molar-refractivity contribution in [2.45, 2.75) is 0 Å². The number of hydrogen-bond acceptors (Lipinski definition) is 4. The molecule has 0 atom stereocenters. The molecule has 0 radical (unpaired) electrons. The Morgan fingerprint density at radius 1 is 1.41 bits per heavy atom. The molecule has 0 N–H and O–H groups in total. The predicted octanol–water partition coefficient (Wildman–Crippen LogP) is 3.10. The van der Waals surface area contributed by atoms with Crippen molar-refractivity contribution >= 4 is 29.5 Å². The average Bonchev–Trinajstić information content (AvgIpc) is 2.89. The summed E-state index contributed by atoms with van der Waals surface area (Å²) in [6, 6.07) is 7.27. The summed E-state index contributed by atoms with van der Waals surface area (Å²) in [6.07, 6.45) is 3.83. The van der Waals surface area contributed by atoms with Gasteiger partial charge < -0.3 is 4.74 Å². The summed E-state index contributed by atoms with van der Waals surface area (Å²) >= 11 is 1.55. The largest absolute Gasteiger partial charge is 0.465 e. The Morgan fingerprint density at radius 3 is 3.00 bits per heavy atom. The van der Waals surface area contributed by atoms with Crippen LogP contribution in [0, 0.1) is 0 Å². The van der Waals surface area contributed by atoms with Gasteiger partial charge in [0, 0.05) is 5.38 Å². The standard InChI is InChI=1S/C13H11NO2S/c1-16-13(15)11-4-2-3-10(7-11)5-6-12-8-17-9-14-12/h2-9H,1H3/b6-5+. The number of carbonyl (C=O) groups is 1. The summed E-state index contributed by atoms with van der Waals surface area (Å²) in [5.74, 6) is -0.325. The predicted molar refractivity (Wildman–Crippen MR) is 68.8 cm³/mol. The van der Waals surface area contributed by atoms with E-state index in [1.807, 2.05) is 29.7 Å². The lowest BCUT2D eigenvalue weighted by Crippen LogP contribution is -2.00. The Hall–Kier alpha value is -1.94. The van der Waals surface area contributed by atoms with Crippen molar-refractivity contribution < 1.29 is 9.53 Å². The third kappa shape index (κ3) is 3.01. The number of carbonyl (C=O) groups excluding carboxylic acids is 1. The zero-order valence-corrected chi connectivity index (χ0v) is 10.1. The number of benzene rings is 1. The summed E-state index contributed by atoms with van der Waals surface area (Å²) in [5.41, 5.74) is 4.19. The zero-order chi connectivity index (χ0) is 12.1. The Balaban J connectivity index is 2.19. The van der Waals surface area contributed by atoms with E-state index in [1.165, 1.54) is 7.11 Å². The number of hydrogen-bond donors (Lipinski definition) is 0. The number of rotatable bonds is 3. The third-order valence-corrected chi connectivity index (χ3v) is 2.81. The highest BCUT2D eigenvalue weighted by molar-refractivity contribution is 7.07. The lowest BCUT2D eigenvalue weighted by Gasteiger charge is -1.99. The molecule has 0 aliphatic carbocycles. The van der Waals surface area contributed by atoms with Crippen molar-refractivity contribution in [2.24, 2.45) is 0 Å². The van der Waals surface area contributed by atoms with Gasteiger partial charge in [-0.3, -0.25) is 0 Å². The maximum Gasteiger partial charge on any atom is 0.337 e. The van der Waals surface area contributed by atoms with E-state index in [4.69, 9.17) is 0 Å². The molecule has 1 aromatic carbocycles. The van der Waals surface area contributed by atoms with E-state index in [2.05, 4.69) is 9.72 Å². The van der Waals surface area contributed by atoms with Crippen molar-refractivity contribution in [3.05, 3.63) is 52.0 Å². The van der Waals surface area contributed by atoms with Gasteiger partial charge in [0.1, 0.15) is 0 Å². The molecule has 0 saturated carbocycles. The second-order valence-electron chi connectivity index (χ2n) is 3.36. The molecule has 86 valence electrons. The number of aromatic nitrogens is 1. The first kappa shape index (κ1) is 11.5. The van der Waals surface area contributed by atoms with Crippen molar-refractivity contribution in [1.82, 2.24) is 4.98 Å².